The van der Waals surface area contributed by atoms with E-state index in [2.05, 4.69) is 27.6 Å². The van der Waals surface area contributed by atoms with Crippen LogP contribution in [0.3, 0.4) is 0 Å². The molecular weight excluding hydrogens is 438 g/mol. The average molecular weight is 462 g/mol. The number of aldehydes is 1. The Morgan fingerprint density at radius 3 is 2.49 bits per heavy atom. The number of nitriles is 1. The van der Waals surface area contributed by atoms with Crippen molar-refractivity contribution in [2.75, 3.05) is 0 Å². The number of nitrogens with zero attached hydrogens (tertiary/aromatic N) is 4. The van der Waals surface area contributed by atoms with E-state index in [-0.39, 0.29) is 11.4 Å². The van der Waals surface area contributed by atoms with Crippen LogP contribution in [0.4, 0.5) is 5.69 Å². The first-order valence-electron chi connectivity index (χ1n) is 10.9. The molecule has 0 amide bonds. The molecule has 0 unspecified atom stereocenters. The normalized spacial score (nSPS) is 11.7. The van der Waals surface area contributed by atoms with Crippen molar-refractivity contribution in [3.8, 4) is 28.7 Å². The number of oxazole rings is 1. The molecule has 0 saturated carbocycles. The van der Waals surface area contributed by atoms with Crippen molar-refractivity contribution in [1.82, 2.24) is 4.98 Å². The van der Waals surface area contributed by atoms with Gasteiger partial charge in [-0.3, -0.25) is 9.79 Å². The quantitative estimate of drug-likeness (QED) is 0.213. The van der Waals surface area contributed by atoms with Crippen molar-refractivity contribution in [3.63, 3.8) is 0 Å². The Bertz CT molecular complexity index is 1590. The zero-order chi connectivity index (χ0) is 25.1. The third kappa shape index (κ3) is 4.37. The molecular formula is C28H23N5O2. The zero-order valence-corrected chi connectivity index (χ0v) is 19.7. The molecule has 0 aliphatic heterocycles. The minimum atomic E-state index is 0.253. The summed E-state index contributed by atoms with van der Waals surface area (Å²) in [7, 11) is 0. The number of aliphatic imine (C=N–C) groups is 2. The van der Waals surface area contributed by atoms with Crippen LogP contribution in [-0.4, -0.2) is 23.3 Å². The van der Waals surface area contributed by atoms with Crippen LogP contribution >= 0.6 is 0 Å². The van der Waals surface area contributed by atoms with Crippen molar-refractivity contribution in [1.29, 1.82) is 5.26 Å². The fourth-order valence-corrected chi connectivity index (χ4v) is 3.93. The van der Waals surface area contributed by atoms with Crippen LogP contribution in [0.1, 0.15) is 34.0 Å². The Balaban J connectivity index is 1.83. The van der Waals surface area contributed by atoms with Gasteiger partial charge in [-0.15, -0.1) is 0 Å². The predicted molar refractivity (Wildman–Crippen MR) is 139 cm³/mol. The van der Waals surface area contributed by atoms with E-state index in [0.717, 1.165) is 33.5 Å². The summed E-state index contributed by atoms with van der Waals surface area (Å²) >= 11 is 0. The van der Waals surface area contributed by atoms with Crippen LogP contribution in [0.2, 0.25) is 0 Å². The fourth-order valence-electron chi connectivity index (χ4n) is 3.93. The molecule has 0 bridgehead atoms. The number of carbonyl (C=O) groups is 1. The fraction of sp³-hybridized carbons (Fsp3) is 0.107. The Labute approximate surface area is 203 Å². The first-order chi connectivity index (χ1) is 16.9. The van der Waals surface area contributed by atoms with Gasteiger partial charge in [0, 0.05) is 17.3 Å². The number of aromatic nitrogens is 1. The number of nitrogens with two attached hydrogens (primary N) is 1. The Morgan fingerprint density at radius 1 is 1.11 bits per heavy atom. The highest BCUT2D eigenvalue weighted by molar-refractivity contribution is 5.99. The summed E-state index contributed by atoms with van der Waals surface area (Å²) in [6, 6.07) is 16.9. The topological polar surface area (TPSA) is 118 Å². The van der Waals surface area contributed by atoms with Gasteiger partial charge in [-0.05, 0) is 67.3 Å². The van der Waals surface area contributed by atoms with Crippen LogP contribution < -0.4 is 5.73 Å². The number of fused-ring (bicyclic) bond motifs is 1. The van der Waals surface area contributed by atoms with Gasteiger partial charge in [-0.25, -0.2) is 9.98 Å². The summed E-state index contributed by atoms with van der Waals surface area (Å²) in [5, 5.41) is 9.48. The first kappa shape index (κ1) is 23.3. The van der Waals surface area contributed by atoms with Gasteiger partial charge in [-0.2, -0.15) is 5.26 Å². The summed E-state index contributed by atoms with van der Waals surface area (Å²) < 4.78 is 5.99. The van der Waals surface area contributed by atoms with Crippen molar-refractivity contribution in [3.05, 3.63) is 83.1 Å². The number of rotatable bonds is 6. The van der Waals surface area contributed by atoms with Crippen LogP contribution in [0.5, 0.6) is 0 Å². The smallest absolute Gasteiger partial charge is 0.227 e. The maximum atomic E-state index is 11.3. The first-order valence-corrected chi connectivity index (χ1v) is 10.9. The highest BCUT2D eigenvalue weighted by Gasteiger charge is 2.18. The minimum Gasteiger partial charge on any atom is -0.435 e. The molecule has 4 aromatic rings. The van der Waals surface area contributed by atoms with E-state index in [1.54, 1.807) is 19.2 Å². The highest BCUT2D eigenvalue weighted by atomic mass is 16.3. The molecule has 1 heterocycles. The van der Waals surface area contributed by atoms with Gasteiger partial charge in [-0.1, -0.05) is 30.8 Å². The molecule has 0 spiro atoms. The number of carbonyl (C=O) groups excluding carboxylic acids is 1. The lowest BCUT2D eigenvalue weighted by Crippen LogP contribution is -2.12. The van der Waals surface area contributed by atoms with E-state index in [1.807, 2.05) is 50.2 Å². The molecule has 0 aliphatic carbocycles. The number of amidine groups is 1. The molecule has 0 aliphatic rings. The largest absolute Gasteiger partial charge is 0.435 e. The molecule has 35 heavy (non-hydrogen) atoms. The van der Waals surface area contributed by atoms with Crippen molar-refractivity contribution >= 4 is 35.1 Å². The van der Waals surface area contributed by atoms with Crippen molar-refractivity contribution in [2.24, 2.45) is 15.7 Å². The van der Waals surface area contributed by atoms with E-state index < -0.39 is 0 Å². The Hall–Kier alpha value is -4.83. The lowest BCUT2D eigenvalue weighted by atomic mass is 9.93. The second-order valence-corrected chi connectivity index (χ2v) is 7.92. The molecule has 0 radical (unpaired) electrons. The van der Waals surface area contributed by atoms with Crippen molar-refractivity contribution in [2.45, 2.75) is 20.8 Å². The maximum absolute atomic E-state index is 11.3. The number of benzene rings is 3. The maximum Gasteiger partial charge on any atom is 0.227 e. The van der Waals surface area contributed by atoms with Gasteiger partial charge in [0.2, 0.25) is 5.89 Å². The zero-order valence-electron chi connectivity index (χ0n) is 19.7. The standard InChI is InChI=1S/C28H23N5O2/c1-5-31-18(4)27(30)32-24-11-7-9-22(17(24)3)21-8-6-10-23(16(21)2)28-33-25-13-19(15-34)12-20(14-29)26(25)35-28/h5-13,15H,4H2,1-3H3,(H2,30,32). The van der Waals surface area contributed by atoms with Gasteiger partial charge >= 0.3 is 0 Å². The summed E-state index contributed by atoms with van der Waals surface area (Å²) in [4.78, 5) is 24.5. The highest BCUT2D eigenvalue weighted by Crippen LogP contribution is 2.37. The lowest BCUT2D eigenvalue weighted by Gasteiger charge is -2.14. The van der Waals surface area contributed by atoms with E-state index in [9.17, 15) is 10.1 Å². The third-order valence-electron chi connectivity index (χ3n) is 5.75. The molecule has 2 N–H and O–H groups in total. The third-order valence-corrected chi connectivity index (χ3v) is 5.75. The van der Waals surface area contributed by atoms with E-state index >= 15 is 0 Å². The second kappa shape index (κ2) is 9.57. The molecule has 0 atom stereocenters. The molecule has 3 aromatic carbocycles. The summed E-state index contributed by atoms with van der Waals surface area (Å²) in [5.41, 5.74) is 13.3. The molecule has 172 valence electrons. The van der Waals surface area contributed by atoms with Gasteiger partial charge in [0.1, 0.15) is 23.7 Å². The van der Waals surface area contributed by atoms with Crippen LogP contribution in [0, 0.1) is 25.2 Å². The van der Waals surface area contributed by atoms with Gasteiger partial charge < -0.3 is 10.2 Å². The second-order valence-electron chi connectivity index (χ2n) is 7.92. The summed E-state index contributed by atoms with van der Waals surface area (Å²) in [6.07, 6.45) is 2.31. The molecule has 0 fully saturated rings. The molecule has 4 rings (SSSR count). The molecule has 7 heteroatoms. The minimum absolute atomic E-state index is 0.253. The van der Waals surface area contributed by atoms with E-state index in [1.165, 1.54) is 6.07 Å². The summed E-state index contributed by atoms with van der Waals surface area (Å²) in [6.45, 7) is 9.61. The molecule has 0 saturated heterocycles. The van der Waals surface area contributed by atoms with Crippen molar-refractivity contribution < 1.29 is 9.21 Å². The van der Waals surface area contributed by atoms with Crippen LogP contribution in [-0.2, 0) is 0 Å². The van der Waals surface area contributed by atoms with E-state index in [4.69, 9.17) is 10.2 Å². The predicted octanol–water partition coefficient (Wildman–Crippen LogP) is 6.06. The number of hydrogen-bond acceptors (Lipinski definition) is 6. The Morgan fingerprint density at radius 2 is 1.80 bits per heavy atom. The van der Waals surface area contributed by atoms with Gasteiger partial charge in [0.15, 0.2) is 5.58 Å². The molecule has 7 nitrogen and oxygen atoms in total. The van der Waals surface area contributed by atoms with Crippen LogP contribution in [0.15, 0.2) is 75.2 Å². The van der Waals surface area contributed by atoms with Crippen LogP contribution in [0.25, 0.3) is 33.7 Å². The SMILES string of the molecule is C=C(N=CC)C(N)=Nc1cccc(-c2cccc(-c3nc4cc(C=O)cc(C#N)c4o3)c2C)c1C. The van der Waals surface area contributed by atoms with Gasteiger partial charge in [0.05, 0.1) is 16.9 Å². The average Bonchev–Trinajstić information content (AvgIpc) is 3.29. The number of hydrogen-bond donors (Lipinski definition) is 1. The van der Waals surface area contributed by atoms with E-state index in [0.29, 0.717) is 34.5 Å². The lowest BCUT2D eigenvalue weighted by molar-refractivity contribution is 0.112. The molecule has 1 aromatic heterocycles. The summed E-state index contributed by atoms with van der Waals surface area (Å²) in [5.74, 6) is 0.631. The monoisotopic (exact) mass is 461 g/mol. The van der Waals surface area contributed by atoms with Gasteiger partial charge in [0.25, 0.3) is 0 Å². The Kier molecular flexibility index (Phi) is 6.38.